The smallest absolute Gasteiger partial charge is 0.374 e. The lowest BCUT2D eigenvalue weighted by atomic mass is 10.0. The van der Waals surface area contributed by atoms with Gasteiger partial charge in [0.15, 0.2) is 0 Å². The summed E-state index contributed by atoms with van der Waals surface area (Å²) in [5.41, 5.74) is 0.197. The molecule has 0 radical (unpaired) electrons. The zero-order valence-electron chi connectivity index (χ0n) is 24.5. The van der Waals surface area contributed by atoms with E-state index in [-0.39, 0.29) is 48.6 Å². The number of carboxylic acid groups (broad SMARTS) is 1. The monoisotopic (exact) mass is 587 g/mol. The van der Waals surface area contributed by atoms with Crippen LogP contribution in [-0.4, -0.2) is 68.4 Å². The summed E-state index contributed by atoms with van der Waals surface area (Å²) in [5, 5.41) is 10.8. The fourth-order valence-electron chi connectivity index (χ4n) is 3.06. The number of hydrogen-bond acceptors (Lipinski definition) is 11. The number of hydrogen-bond donors (Lipinski definition) is 4. The quantitative estimate of drug-likeness (QED) is 0.231. The minimum absolute atomic E-state index is 0. The number of carboxylic acids is 1. The van der Waals surface area contributed by atoms with Gasteiger partial charge >= 0.3 is 11.9 Å². The Bertz CT molecular complexity index is 1440. The summed E-state index contributed by atoms with van der Waals surface area (Å²) < 4.78 is 9.45. The Labute approximate surface area is 242 Å². The molecule has 1 amide bonds. The zero-order valence-corrected chi connectivity index (χ0v) is 24.5. The lowest BCUT2D eigenvalue weighted by molar-refractivity contribution is -0.153. The van der Waals surface area contributed by atoms with E-state index in [1.807, 2.05) is 20.8 Å². The molecular formula is C28H37N5O9. The molecule has 42 heavy (non-hydrogen) atoms. The molecule has 0 aliphatic carbocycles. The highest BCUT2D eigenvalue weighted by Crippen LogP contribution is 2.10. The van der Waals surface area contributed by atoms with E-state index in [0.717, 1.165) is 6.92 Å². The van der Waals surface area contributed by atoms with E-state index < -0.39 is 29.2 Å². The zero-order chi connectivity index (χ0) is 31.2. The van der Waals surface area contributed by atoms with Crippen molar-refractivity contribution in [2.24, 2.45) is 0 Å². The maximum atomic E-state index is 12.2. The van der Waals surface area contributed by atoms with Crippen molar-refractivity contribution < 1.29 is 38.6 Å². The summed E-state index contributed by atoms with van der Waals surface area (Å²) >= 11 is 0. The number of pyridine rings is 3. The van der Waals surface area contributed by atoms with Gasteiger partial charge in [0, 0.05) is 36.7 Å². The van der Waals surface area contributed by atoms with Crippen LogP contribution < -0.4 is 17.0 Å². The molecule has 3 aromatic heterocycles. The number of aliphatic carboxylic acids is 1. The number of ether oxygens (including phenoxy) is 2. The molecule has 0 saturated carbocycles. The first-order valence-corrected chi connectivity index (χ1v) is 12.5. The van der Waals surface area contributed by atoms with Crippen molar-refractivity contribution in [2.45, 2.75) is 53.5 Å². The molecule has 0 unspecified atom stereocenters. The van der Waals surface area contributed by atoms with Gasteiger partial charge in [-0.15, -0.1) is 0 Å². The van der Waals surface area contributed by atoms with Gasteiger partial charge < -0.3 is 31.0 Å². The molecule has 0 spiro atoms. The Morgan fingerprint density at radius 2 is 1.55 bits per heavy atom. The molecule has 3 heterocycles. The number of ketones is 1. The van der Waals surface area contributed by atoms with E-state index in [2.05, 4.69) is 25.0 Å². The van der Waals surface area contributed by atoms with Gasteiger partial charge in [-0.3, -0.25) is 29.1 Å². The van der Waals surface area contributed by atoms with Crippen molar-refractivity contribution in [3.05, 3.63) is 70.0 Å². The molecule has 0 bridgehead atoms. The lowest BCUT2D eigenvalue weighted by Gasteiger charge is -2.20. The third kappa shape index (κ3) is 12.9. The Kier molecular flexibility index (Phi) is 15.6. The van der Waals surface area contributed by atoms with Gasteiger partial charge in [-0.2, -0.15) is 0 Å². The second-order valence-electron chi connectivity index (χ2n) is 9.23. The third-order valence-corrected chi connectivity index (χ3v) is 4.55. The van der Waals surface area contributed by atoms with Crippen LogP contribution in [0, 0.1) is 0 Å². The van der Waals surface area contributed by atoms with E-state index in [0.29, 0.717) is 16.5 Å². The number of fused-ring (bicyclic) bond motifs is 1. The number of amides is 1. The van der Waals surface area contributed by atoms with E-state index >= 15 is 0 Å². The second kappa shape index (κ2) is 17.7. The van der Waals surface area contributed by atoms with Crippen molar-refractivity contribution in [3.63, 3.8) is 0 Å². The number of aromatic nitrogens is 3. The van der Waals surface area contributed by atoms with Gasteiger partial charge in [0.1, 0.15) is 16.9 Å². The first-order chi connectivity index (χ1) is 19.2. The third-order valence-electron chi connectivity index (χ3n) is 4.55. The molecule has 228 valence electrons. The largest absolute Gasteiger partial charge is 0.481 e. The maximum Gasteiger partial charge on any atom is 0.374 e. The van der Waals surface area contributed by atoms with E-state index in [1.54, 1.807) is 44.2 Å². The molecule has 6 N–H and O–H groups in total. The number of Topliss-reactive ketones (excluding diaryl/α,β-unsaturated/α-hetero) is 1. The number of carbonyl (C=O) groups is 5. The van der Waals surface area contributed by atoms with Crippen molar-refractivity contribution >= 4 is 40.5 Å². The molecule has 14 nitrogen and oxygen atoms in total. The summed E-state index contributed by atoms with van der Waals surface area (Å²) in [6, 6.07) is 8.20. The average molecular weight is 588 g/mol. The molecule has 0 atom stereocenters. The lowest BCUT2D eigenvalue weighted by Crippen LogP contribution is -2.41. The van der Waals surface area contributed by atoms with Crippen LogP contribution in [0.5, 0.6) is 0 Å². The number of rotatable bonds is 7. The number of aromatic amines is 1. The fourth-order valence-corrected chi connectivity index (χ4v) is 3.06. The van der Waals surface area contributed by atoms with Crippen LogP contribution in [0.2, 0.25) is 0 Å². The van der Waals surface area contributed by atoms with Crippen LogP contribution in [0.25, 0.3) is 10.9 Å². The molecule has 0 aliphatic rings. The number of esters is 2. The standard InChI is InChI=1S/C15H20N2O4.C11H10N2O3.C2H4O2.H3N/c1-5-21-14(20)11(18)9-10-7-6-8-16-12(10)13(19)17-15(2,3)4;1-2-16-11(15)8-6-7-4-3-5-12-9(7)10(14)13-8;1-2(3)4;/h6-8H,5,9H2,1-4H3,(H,17,19);3-6H,2H2,1H3,(H,13,14);1H3,(H,3,4);1H3. The molecule has 3 rings (SSSR count). The van der Waals surface area contributed by atoms with E-state index in [1.165, 1.54) is 12.4 Å². The van der Waals surface area contributed by atoms with Crippen LogP contribution in [0.15, 0.2) is 47.5 Å². The second-order valence-corrected chi connectivity index (χ2v) is 9.23. The van der Waals surface area contributed by atoms with Gasteiger partial charge in [0.25, 0.3) is 17.4 Å². The number of H-pyrrole nitrogens is 1. The first-order valence-electron chi connectivity index (χ1n) is 12.5. The van der Waals surface area contributed by atoms with Crippen LogP contribution in [0.4, 0.5) is 0 Å². The maximum absolute atomic E-state index is 12.2. The summed E-state index contributed by atoms with van der Waals surface area (Å²) in [6.45, 7) is 10.4. The van der Waals surface area contributed by atoms with Crippen molar-refractivity contribution in [3.8, 4) is 0 Å². The number of nitrogens with one attached hydrogen (secondary N) is 2. The first kappa shape index (κ1) is 37.0. The average Bonchev–Trinajstić information content (AvgIpc) is 2.88. The summed E-state index contributed by atoms with van der Waals surface area (Å²) in [5.74, 6) is -3.35. The Balaban J connectivity index is 0.000000710. The fraction of sp³-hybridized carbons (Fsp3) is 0.357. The van der Waals surface area contributed by atoms with Crippen LogP contribution in [-0.2, 0) is 30.3 Å². The predicted octanol–water partition coefficient (Wildman–Crippen LogP) is 2.64. The van der Waals surface area contributed by atoms with E-state index in [9.17, 15) is 24.0 Å². The van der Waals surface area contributed by atoms with Gasteiger partial charge in [-0.1, -0.05) is 12.1 Å². The Morgan fingerprint density at radius 3 is 2.12 bits per heavy atom. The summed E-state index contributed by atoms with van der Waals surface area (Å²) in [7, 11) is 0. The minimum Gasteiger partial charge on any atom is -0.481 e. The molecule has 3 aromatic rings. The Morgan fingerprint density at radius 1 is 0.976 bits per heavy atom. The highest BCUT2D eigenvalue weighted by atomic mass is 16.5. The summed E-state index contributed by atoms with van der Waals surface area (Å²) in [4.78, 5) is 77.6. The van der Waals surface area contributed by atoms with Crippen LogP contribution >= 0.6 is 0 Å². The molecule has 0 aliphatic heterocycles. The highest BCUT2D eigenvalue weighted by Gasteiger charge is 2.22. The van der Waals surface area contributed by atoms with Gasteiger partial charge in [0.05, 0.1) is 13.2 Å². The Hall–Kier alpha value is -4.98. The summed E-state index contributed by atoms with van der Waals surface area (Å²) in [6.07, 6.45) is 2.79. The SMILES string of the molecule is CC(=O)O.CCOC(=O)C(=O)Cc1cccnc1C(=O)NC(C)(C)C.CCOC(=O)c1cc2cccnc2c(=O)[nH]1.N. The van der Waals surface area contributed by atoms with Crippen molar-refractivity contribution in [1.29, 1.82) is 0 Å². The van der Waals surface area contributed by atoms with Crippen LogP contribution in [0.3, 0.4) is 0 Å². The molecule has 0 saturated heterocycles. The van der Waals surface area contributed by atoms with Gasteiger partial charge in [0.2, 0.25) is 5.78 Å². The molecule has 0 fully saturated rings. The molecule has 14 heteroatoms. The van der Waals surface area contributed by atoms with Crippen molar-refractivity contribution in [1.82, 2.24) is 26.4 Å². The number of carbonyl (C=O) groups excluding carboxylic acids is 4. The van der Waals surface area contributed by atoms with Gasteiger partial charge in [-0.05, 0) is 58.4 Å². The van der Waals surface area contributed by atoms with Crippen molar-refractivity contribution in [2.75, 3.05) is 13.2 Å². The predicted molar refractivity (Wildman–Crippen MR) is 153 cm³/mol. The normalized spacial score (nSPS) is 9.95. The van der Waals surface area contributed by atoms with Crippen LogP contribution in [0.1, 0.15) is 68.1 Å². The van der Waals surface area contributed by atoms with Gasteiger partial charge in [-0.25, -0.2) is 9.59 Å². The minimum atomic E-state index is -0.900. The molecule has 0 aromatic carbocycles. The van der Waals surface area contributed by atoms with E-state index in [4.69, 9.17) is 14.6 Å². The molecular weight excluding hydrogens is 550 g/mol. The topological polar surface area (TPSA) is 230 Å². The highest BCUT2D eigenvalue weighted by molar-refractivity contribution is 6.34. The number of nitrogens with zero attached hydrogens (tertiary/aromatic N) is 2.